The first-order valence-electron chi connectivity index (χ1n) is 6.31. The third-order valence-corrected chi connectivity index (χ3v) is 4.97. The Hall–Kier alpha value is -1.38. The van der Waals surface area contributed by atoms with Gasteiger partial charge in [0.05, 0.1) is 5.41 Å². The number of aromatic nitrogens is 1. The SMILES string of the molecule is O=C(O)C12CCC(c3cccnc3)(CC1)CC2. The zero-order valence-corrected chi connectivity index (χ0v) is 9.85. The molecule has 4 rings (SSSR count). The van der Waals surface area contributed by atoms with Crippen LogP contribution in [0.15, 0.2) is 24.5 Å². The average molecular weight is 231 g/mol. The van der Waals surface area contributed by atoms with E-state index in [0.717, 1.165) is 38.5 Å². The van der Waals surface area contributed by atoms with E-state index in [4.69, 9.17) is 0 Å². The van der Waals surface area contributed by atoms with E-state index in [2.05, 4.69) is 11.1 Å². The van der Waals surface area contributed by atoms with Crippen LogP contribution < -0.4 is 0 Å². The topological polar surface area (TPSA) is 50.2 Å². The van der Waals surface area contributed by atoms with Crippen LogP contribution in [0, 0.1) is 5.41 Å². The summed E-state index contributed by atoms with van der Waals surface area (Å²) in [5.41, 5.74) is 1.11. The smallest absolute Gasteiger partial charge is 0.309 e. The van der Waals surface area contributed by atoms with Gasteiger partial charge in [-0.15, -0.1) is 0 Å². The molecule has 0 saturated heterocycles. The summed E-state index contributed by atoms with van der Waals surface area (Å²) < 4.78 is 0. The van der Waals surface area contributed by atoms with E-state index in [1.165, 1.54) is 5.56 Å². The Kier molecular flexibility index (Phi) is 2.25. The number of carboxylic acid groups (broad SMARTS) is 1. The maximum absolute atomic E-state index is 11.4. The van der Waals surface area contributed by atoms with Crippen LogP contribution >= 0.6 is 0 Å². The molecule has 3 heteroatoms. The normalized spacial score (nSPS) is 35.8. The van der Waals surface area contributed by atoms with Gasteiger partial charge in [-0.05, 0) is 55.6 Å². The molecule has 3 fully saturated rings. The second-order valence-electron chi connectivity index (χ2n) is 5.61. The van der Waals surface area contributed by atoms with Crippen LogP contribution in [0.1, 0.15) is 44.1 Å². The summed E-state index contributed by atoms with van der Waals surface area (Å²) in [6, 6.07) is 4.13. The third kappa shape index (κ3) is 1.48. The highest BCUT2D eigenvalue weighted by molar-refractivity contribution is 5.75. The van der Waals surface area contributed by atoms with Crippen LogP contribution in [0.4, 0.5) is 0 Å². The van der Waals surface area contributed by atoms with Gasteiger partial charge < -0.3 is 5.11 Å². The molecule has 0 amide bonds. The highest BCUT2D eigenvalue weighted by atomic mass is 16.4. The number of pyridine rings is 1. The summed E-state index contributed by atoms with van der Waals surface area (Å²) in [5, 5.41) is 9.36. The lowest BCUT2D eigenvalue weighted by Crippen LogP contribution is -2.47. The zero-order valence-electron chi connectivity index (χ0n) is 9.85. The Balaban J connectivity index is 1.89. The van der Waals surface area contributed by atoms with Crippen LogP contribution in [-0.2, 0) is 10.2 Å². The fourth-order valence-corrected chi connectivity index (χ4v) is 3.62. The monoisotopic (exact) mass is 231 g/mol. The molecule has 0 radical (unpaired) electrons. The summed E-state index contributed by atoms with van der Waals surface area (Å²) in [5.74, 6) is -0.586. The van der Waals surface area contributed by atoms with Crippen LogP contribution in [-0.4, -0.2) is 16.1 Å². The molecule has 0 aromatic carbocycles. The van der Waals surface area contributed by atoms with Gasteiger partial charge in [-0.3, -0.25) is 9.78 Å². The molecule has 0 atom stereocenters. The van der Waals surface area contributed by atoms with Gasteiger partial charge in [-0.2, -0.15) is 0 Å². The molecular formula is C14H17NO2. The molecule has 2 bridgehead atoms. The van der Waals surface area contributed by atoms with Gasteiger partial charge in [0.1, 0.15) is 0 Å². The minimum atomic E-state index is -0.586. The van der Waals surface area contributed by atoms with Gasteiger partial charge in [-0.1, -0.05) is 6.07 Å². The van der Waals surface area contributed by atoms with Crippen LogP contribution in [0.3, 0.4) is 0 Å². The van der Waals surface area contributed by atoms with Crippen molar-refractivity contribution in [1.82, 2.24) is 4.98 Å². The van der Waals surface area contributed by atoms with Crippen LogP contribution in [0.2, 0.25) is 0 Å². The summed E-state index contributed by atoms with van der Waals surface area (Å²) in [4.78, 5) is 15.6. The van der Waals surface area contributed by atoms with Crippen molar-refractivity contribution >= 4 is 5.97 Å². The summed E-state index contributed by atoms with van der Waals surface area (Å²) in [6.07, 6.45) is 9.26. The van der Waals surface area contributed by atoms with Crippen molar-refractivity contribution in [2.75, 3.05) is 0 Å². The van der Waals surface area contributed by atoms with Crippen molar-refractivity contribution in [3.8, 4) is 0 Å². The van der Waals surface area contributed by atoms with E-state index >= 15 is 0 Å². The molecule has 3 aliphatic rings. The molecular weight excluding hydrogens is 214 g/mol. The highest BCUT2D eigenvalue weighted by Gasteiger charge is 2.53. The van der Waals surface area contributed by atoms with E-state index in [0.29, 0.717) is 0 Å². The Morgan fingerprint density at radius 3 is 2.29 bits per heavy atom. The summed E-state index contributed by atoms with van der Waals surface area (Å²) in [6.45, 7) is 0. The van der Waals surface area contributed by atoms with Gasteiger partial charge in [0, 0.05) is 12.4 Å². The Morgan fingerprint density at radius 2 is 1.82 bits per heavy atom. The summed E-state index contributed by atoms with van der Waals surface area (Å²) >= 11 is 0. The lowest BCUT2D eigenvalue weighted by atomic mass is 9.52. The van der Waals surface area contributed by atoms with Crippen LogP contribution in [0.5, 0.6) is 0 Å². The molecule has 1 aromatic heterocycles. The number of rotatable bonds is 2. The maximum Gasteiger partial charge on any atom is 0.309 e. The molecule has 17 heavy (non-hydrogen) atoms. The minimum Gasteiger partial charge on any atom is -0.481 e. The minimum absolute atomic E-state index is 0.214. The molecule has 3 aliphatic carbocycles. The van der Waals surface area contributed by atoms with Crippen molar-refractivity contribution in [2.24, 2.45) is 5.41 Å². The molecule has 1 N–H and O–H groups in total. The van der Waals surface area contributed by atoms with Gasteiger partial charge in [-0.25, -0.2) is 0 Å². The van der Waals surface area contributed by atoms with Gasteiger partial charge in [0.25, 0.3) is 0 Å². The Morgan fingerprint density at radius 1 is 1.18 bits per heavy atom. The number of hydrogen-bond donors (Lipinski definition) is 1. The molecule has 0 spiro atoms. The predicted molar refractivity (Wildman–Crippen MR) is 63.7 cm³/mol. The second-order valence-corrected chi connectivity index (χ2v) is 5.61. The molecule has 0 unspecified atom stereocenters. The predicted octanol–water partition coefficient (Wildman–Crippen LogP) is 2.76. The first kappa shape index (κ1) is 10.8. The third-order valence-electron chi connectivity index (χ3n) is 4.97. The molecule has 1 aromatic rings. The number of nitrogens with zero attached hydrogens (tertiary/aromatic N) is 1. The van der Waals surface area contributed by atoms with E-state index in [-0.39, 0.29) is 5.41 Å². The summed E-state index contributed by atoms with van der Waals surface area (Å²) in [7, 11) is 0. The standard InChI is InChI=1S/C14H17NO2/c16-12(17)14-6-3-13(4-7-14,5-8-14)11-2-1-9-15-10-11/h1-2,9-10H,3-8H2,(H,16,17). The van der Waals surface area contributed by atoms with Gasteiger partial charge in [0.15, 0.2) is 0 Å². The molecule has 3 saturated carbocycles. The van der Waals surface area contributed by atoms with E-state index in [1.54, 1.807) is 6.20 Å². The van der Waals surface area contributed by atoms with Crippen molar-refractivity contribution in [3.63, 3.8) is 0 Å². The Labute approximate surface area is 101 Å². The van der Waals surface area contributed by atoms with Gasteiger partial charge >= 0.3 is 5.97 Å². The highest BCUT2D eigenvalue weighted by Crippen LogP contribution is 2.57. The van der Waals surface area contributed by atoms with E-state index < -0.39 is 11.4 Å². The molecule has 90 valence electrons. The molecule has 3 nitrogen and oxygen atoms in total. The fraction of sp³-hybridized carbons (Fsp3) is 0.571. The lowest BCUT2D eigenvalue weighted by molar-refractivity contribution is -0.156. The molecule has 1 heterocycles. The fourth-order valence-electron chi connectivity index (χ4n) is 3.62. The average Bonchev–Trinajstić information content (AvgIpc) is 2.42. The van der Waals surface area contributed by atoms with Crippen molar-refractivity contribution < 1.29 is 9.90 Å². The number of carboxylic acids is 1. The lowest BCUT2D eigenvalue weighted by Gasteiger charge is -2.51. The zero-order chi connectivity index (χ0) is 11.9. The number of fused-ring (bicyclic) bond motifs is 3. The maximum atomic E-state index is 11.4. The molecule has 0 aliphatic heterocycles. The van der Waals surface area contributed by atoms with E-state index in [1.807, 2.05) is 12.3 Å². The number of hydrogen-bond acceptors (Lipinski definition) is 2. The first-order chi connectivity index (χ1) is 8.17. The van der Waals surface area contributed by atoms with Gasteiger partial charge in [0.2, 0.25) is 0 Å². The van der Waals surface area contributed by atoms with Crippen molar-refractivity contribution in [2.45, 2.75) is 43.9 Å². The van der Waals surface area contributed by atoms with Crippen molar-refractivity contribution in [1.29, 1.82) is 0 Å². The second kappa shape index (κ2) is 3.56. The largest absolute Gasteiger partial charge is 0.481 e. The van der Waals surface area contributed by atoms with Crippen LogP contribution in [0.25, 0.3) is 0 Å². The van der Waals surface area contributed by atoms with Crippen molar-refractivity contribution in [3.05, 3.63) is 30.1 Å². The van der Waals surface area contributed by atoms with E-state index in [9.17, 15) is 9.90 Å². The number of carbonyl (C=O) groups is 1. The quantitative estimate of drug-likeness (QED) is 0.851. The Bertz CT molecular complexity index is 416. The number of aliphatic carboxylic acids is 1. The first-order valence-corrected chi connectivity index (χ1v) is 6.31.